The number of anilines is 1. The molecule has 34 heavy (non-hydrogen) atoms. The number of methoxy groups -OCH3 is 1. The Kier molecular flexibility index (Phi) is 6.38. The zero-order chi connectivity index (χ0) is 24.4. The van der Waals surface area contributed by atoms with Crippen molar-refractivity contribution in [3.63, 3.8) is 0 Å². The van der Waals surface area contributed by atoms with Crippen LogP contribution in [0.4, 0.5) is 5.69 Å². The first-order valence-electron chi connectivity index (χ1n) is 10.3. The minimum absolute atomic E-state index is 0.0992. The van der Waals surface area contributed by atoms with Crippen molar-refractivity contribution in [2.75, 3.05) is 12.0 Å². The summed E-state index contributed by atoms with van der Waals surface area (Å²) in [6.07, 6.45) is -0.176. The van der Waals surface area contributed by atoms with Crippen molar-refractivity contribution < 1.29 is 29.3 Å². The molecule has 1 fully saturated rings. The second kappa shape index (κ2) is 9.41. The smallest absolute Gasteiger partial charge is 0.307 e. The quantitative estimate of drug-likeness (QED) is 0.305. The van der Waals surface area contributed by atoms with Crippen LogP contribution in [-0.2, 0) is 20.8 Å². The Labute approximate surface area is 200 Å². The molecular weight excluding hydrogens is 458 g/mol. The maximum Gasteiger partial charge on any atom is 0.307 e. The van der Waals surface area contributed by atoms with Gasteiger partial charge >= 0.3 is 5.97 Å². The average Bonchev–Trinajstić information content (AvgIpc) is 3.09. The summed E-state index contributed by atoms with van der Waals surface area (Å²) < 4.78 is 5.15. The van der Waals surface area contributed by atoms with Gasteiger partial charge in [0.1, 0.15) is 11.5 Å². The van der Waals surface area contributed by atoms with Crippen LogP contribution in [0.15, 0.2) is 78.4 Å². The van der Waals surface area contributed by atoms with Gasteiger partial charge in [0, 0.05) is 16.3 Å². The second-order valence-electron chi connectivity index (χ2n) is 7.66. The summed E-state index contributed by atoms with van der Waals surface area (Å²) in [7, 11) is 1.51. The number of carbonyl (C=O) groups excluding carboxylic acids is 2. The lowest BCUT2D eigenvalue weighted by molar-refractivity contribution is -0.136. The first kappa shape index (κ1) is 23.1. The lowest BCUT2D eigenvalue weighted by Gasteiger charge is -2.26. The van der Waals surface area contributed by atoms with E-state index in [0.717, 1.165) is 0 Å². The third-order valence-electron chi connectivity index (χ3n) is 5.58. The molecule has 1 atom stereocenters. The average molecular weight is 478 g/mol. The molecule has 1 saturated heterocycles. The number of Topliss-reactive ketones (excluding diaryl/α,β-unsaturated/α-hetero) is 1. The van der Waals surface area contributed by atoms with Gasteiger partial charge in [-0.2, -0.15) is 0 Å². The lowest BCUT2D eigenvalue weighted by Crippen LogP contribution is -2.29. The van der Waals surface area contributed by atoms with Crippen molar-refractivity contribution in [2.45, 2.75) is 12.5 Å². The Hall–Kier alpha value is -4.10. The third-order valence-corrected chi connectivity index (χ3v) is 5.92. The van der Waals surface area contributed by atoms with E-state index in [1.807, 2.05) is 0 Å². The van der Waals surface area contributed by atoms with Crippen LogP contribution in [0.2, 0.25) is 5.02 Å². The number of aliphatic hydroxyl groups is 1. The molecule has 0 aliphatic carbocycles. The molecule has 0 radical (unpaired) electrons. The SMILES string of the molecule is COc1ccc(/C(O)=C2\C(=O)C(=O)N(c3ccc(CC(=O)O)cc3)C2c2ccccc2Cl)cc1. The minimum atomic E-state index is -0.985. The van der Waals surface area contributed by atoms with Gasteiger partial charge < -0.3 is 14.9 Å². The van der Waals surface area contributed by atoms with Crippen molar-refractivity contribution in [3.8, 4) is 5.75 Å². The summed E-state index contributed by atoms with van der Waals surface area (Å²) in [5.41, 5.74) is 1.62. The number of amides is 1. The predicted molar refractivity (Wildman–Crippen MR) is 127 cm³/mol. The number of hydrogen-bond donors (Lipinski definition) is 2. The van der Waals surface area contributed by atoms with E-state index in [-0.39, 0.29) is 17.8 Å². The molecule has 0 saturated carbocycles. The van der Waals surface area contributed by atoms with E-state index in [2.05, 4.69) is 0 Å². The fraction of sp³-hybridized carbons (Fsp3) is 0.115. The second-order valence-corrected chi connectivity index (χ2v) is 8.06. The van der Waals surface area contributed by atoms with E-state index in [1.54, 1.807) is 72.8 Å². The molecule has 0 aromatic heterocycles. The van der Waals surface area contributed by atoms with Crippen molar-refractivity contribution in [3.05, 3.63) is 100 Å². The molecule has 0 bridgehead atoms. The molecule has 3 aromatic rings. The highest BCUT2D eigenvalue weighted by molar-refractivity contribution is 6.52. The van der Waals surface area contributed by atoms with E-state index < -0.39 is 23.7 Å². The highest BCUT2D eigenvalue weighted by Gasteiger charge is 2.47. The van der Waals surface area contributed by atoms with Crippen molar-refractivity contribution >= 4 is 40.7 Å². The van der Waals surface area contributed by atoms with Crippen molar-refractivity contribution in [1.82, 2.24) is 0 Å². The summed E-state index contributed by atoms with van der Waals surface area (Å²) in [4.78, 5) is 38.6. The Morgan fingerprint density at radius 3 is 2.21 bits per heavy atom. The van der Waals surface area contributed by atoms with E-state index in [0.29, 0.717) is 33.1 Å². The lowest BCUT2D eigenvalue weighted by atomic mass is 9.95. The number of carboxylic acid groups (broad SMARTS) is 1. The number of hydrogen-bond acceptors (Lipinski definition) is 5. The van der Waals surface area contributed by atoms with Gasteiger partial charge in [0.15, 0.2) is 0 Å². The van der Waals surface area contributed by atoms with Crippen LogP contribution in [0.25, 0.3) is 5.76 Å². The van der Waals surface area contributed by atoms with Gasteiger partial charge in [0.05, 0.1) is 25.1 Å². The summed E-state index contributed by atoms with van der Waals surface area (Å²) >= 11 is 6.46. The van der Waals surface area contributed by atoms with E-state index in [1.165, 1.54) is 12.0 Å². The molecular formula is C26H20ClNO6. The largest absolute Gasteiger partial charge is 0.507 e. The number of aliphatic carboxylic acids is 1. The van der Waals surface area contributed by atoms with E-state index in [9.17, 15) is 19.5 Å². The normalized spacial score (nSPS) is 17.1. The first-order valence-corrected chi connectivity index (χ1v) is 10.7. The zero-order valence-electron chi connectivity index (χ0n) is 18.1. The van der Waals surface area contributed by atoms with Crippen LogP contribution in [0, 0.1) is 0 Å². The molecule has 2 N–H and O–H groups in total. The molecule has 3 aromatic carbocycles. The number of aliphatic hydroxyl groups excluding tert-OH is 1. The monoisotopic (exact) mass is 477 g/mol. The molecule has 0 spiro atoms. The molecule has 172 valence electrons. The number of nitrogens with zero attached hydrogens (tertiary/aromatic N) is 1. The molecule has 4 rings (SSSR count). The standard InChI is InChI=1S/C26H20ClNO6/c1-34-18-12-8-16(9-13-18)24(31)22-23(19-4-2-3-5-20(19)27)28(26(33)25(22)32)17-10-6-15(7-11-17)14-21(29)30/h2-13,23,31H,14H2,1H3,(H,29,30)/b24-22+. The summed E-state index contributed by atoms with van der Waals surface area (Å²) in [5, 5.41) is 20.5. The molecule has 1 unspecified atom stereocenters. The summed E-state index contributed by atoms with van der Waals surface area (Å²) in [6.45, 7) is 0. The number of ketones is 1. The van der Waals surface area contributed by atoms with Crippen LogP contribution in [0.1, 0.15) is 22.7 Å². The zero-order valence-corrected chi connectivity index (χ0v) is 18.8. The summed E-state index contributed by atoms with van der Waals surface area (Å²) in [5.74, 6) is -2.43. The number of carboxylic acids is 1. The topological polar surface area (TPSA) is 104 Å². The number of benzene rings is 3. The van der Waals surface area contributed by atoms with Gasteiger partial charge in [-0.1, -0.05) is 41.9 Å². The Morgan fingerprint density at radius 1 is 0.971 bits per heavy atom. The number of ether oxygens (including phenoxy) is 1. The Morgan fingerprint density at radius 2 is 1.62 bits per heavy atom. The minimum Gasteiger partial charge on any atom is -0.507 e. The van der Waals surface area contributed by atoms with Crippen molar-refractivity contribution in [1.29, 1.82) is 0 Å². The number of rotatable bonds is 6. The maximum atomic E-state index is 13.2. The molecule has 8 heteroatoms. The third kappa shape index (κ3) is 4.25. The highest BCUT2D eigenvalue weighted by Crippen LogP contribution is 2.44. The van der Waals surface area contributed by atoms with Crippen molar-refractivity contribution in [2.24, 2.45) is 0 Å². The van der Waals surface area contributed by atoms with Gasteiger partial charge in [-0.25, -0.2) is 0 Å². The van der Waals surface area contributed by atoms with Gasteiger partial charge in [-0.15, -0.1) is 0 Å². The van der Waals surface area contributed by atoms with Crippen LogP contribution < -0.4 is 9.64 Å². The van der Waals surface area contributed by atoms with Crippen LogP contribution >= 0.6 is 11.6 Å². The molecule has 7 nitrogen and oxygen atoms in total. The summed E-state index contributed by atoms with van der Waals surface area (Å²) in [6, 6.07) is 18.5. The van der Waals surface area contributed by atoms with E-state index >= 15 is 0 Å². The molecule has 1 amide bonds. The van der Waals surface area contributed by atoms with Crippen LogP contribution in [0.3, 0.4) is 0 Å². The fourth-order valence-corrected chi connectivity index (χ4v) is 4.18. The Balaban J connectivity index is 1.88. The van der Waals surface area contributed by atoms with Crippen LogP contribution in [0.5, 0.6) is 5.75 Å². The molecule has 1 aliphatic rings. The first-order chi connectivity index (χ1) is 16.3. The highest BCUT2D eigenvalue weighted by atomic mass is 35.5. The predicted octanol–water partition coefficient (Wildman–Crippen LogP) is 4.60. The molecule has 1 heterocycles. The van der Waals surface area contributed by atoms with Gasteiger partial charge in [0.25, 0.3) is 11.7 Å². The molecule has 1 aliphatic heterocycles. The van der Waals surface area contributed by atoms with E-state index in [4.69, 9.17) is 21.4 Å². The van der Waals surface area contributed by atoms with Gasteiger partial charge in [0.2, 0.25) is 0 Å². The Bertz CT molecular complexity index is 1300. The van der Waals surface area contributed by atoms with Gasteiger partial charge in [-0.3, -0.25) is 19.3 Å². The number of carbonyl (C=O) groups is 3. The fourth-order valence-electron chi connectivity index (χ4n) is 3.94. The van der Waals surface area contributed by atoms with Crippen LogP contribution in [-0.4, -0.2) is 35.0 Å². The number of halogens is 1. The maximum absolute atomic E-state index is 13.2. The van der Waals surface area contributed by atoms with Gasteiger partial charge in [-0.05, 0) is 53.6 Å².